The second kappa shape index (κ2) is 6.87. The van der Waals surface area contributed by atoms with Gasteiger partial charge in [0.15, 0.2) is 0 Å². The molecule has 0 amide bonds. The zero-order valence-corrected chi connectivity index (χ0v) is 11.1. The van der Waals surface area contributed by atoms with Crippen LogP contribution in [-0.4, -0.2) is 11.0 Å². The van der Waals surface area contributed by atoms with Crippen LogP contribution >= 0.6 is 11.6 Å². The van der Waals surface area contributed by atoms with Crippen LogP contribution in [0.2, 0.25) is 5.15 Å². The third-order valence-electron chi connectivity index (χ3n) is 2.65. The minimum absolute atomic E-state index is 0.527. The number of halogens is 1. The van der Waals surface area contributed by atoms with Crippen molar-refractivity contribution < 1.29 is 0 Å². The number of aromatic nitrogens is 1. The van der Waals surface area contributed by atoms with Gasteiger partial charge in [0, 0.05) is 24.3 Å². The summed E-state index contributed by atoms with van der Waals surface area (Å²) in [6.45, 7) is 7.52. The molecule has 1 aromatic heterocycles. The second-order valence-corrected chi connectivity index (χ2v) is 5.06. The topological polar surface area (TPSA) is 24.9 Å². The molecule has 0 aromatic carbocycles. The van der Waals surface area contributed by atoms with Crippen molar-refractivity contribution in [3.05, 3.63) is 29.0 Å². The number of hydrogen-bond acceptors (Lipinski definition) is 2. The van der Waals surface area contributed by atoms with Crippen LogP contribution < -0.4 is 5.32 Å². The van der Waals surface area contributed by atoms with E-state index in [9.17, 15) is 0 Å². The largest absolute Gasteiger partial charge is 0.310 e. The Kier molecular flexibility index (Phi) is 5.78. The molecule has 0 bridgehead atoms. The highest BCUT2D eigenvalue weighted by atomic mass is 35.5. The summed E-state index contributed by atoms with van der Waals surface area (Å²) in [5.74, 6) is 0.770. The Balaban J connectivity index is 2.31. The average molecular weight is 241 g/mol. The van der Waals surface area contributed by atoms with Gasteiger partial charge in [-0.2, -0.15) is 0 Å². The summed E-state index contributed by atoms with van der Waals surface area (Å²) >= 11 is 5.98. The molecule has 1 aromatic rings. The Hall–Kier alpha value is -0.600. The van der Waals surface area contributed by atoms with Gasteiger partial charge in [0.05, 0.1) is 0 Å². The van der Waals surface area contributed by atoms with Gasteiger partial charge >= 0.3 is 0 Å². The Bertz CT molecular complexity index is 313. The highest BCUT2D eigenvalue weighted by molar-refractivity contribution is 6.30. The van der Waals surface area contributed by atoms with Crippen molar-refractivity contribution >= 4 is 11.6 Å². The maximum absolute atomic E-state index is 5.98. The first kappa shape index (κ1) is 13.5. The molecule has 0 saturated carbocycles. The van der Waals surface area contributed by atoms with Crippen molar-refractivity contribution in [3.8, 4) is 0 Å². The van der Waals surface area contributed by atoms with Crippen LogP contribution in [0.25, 0.3) is 0 Å². The molecule has 0 saturated heterocycles. The van der Waals surface area contributed by atoms with Crippen molar-refractivity contribution in [1.29, 1.82) is 0 Å². The van der Waals surface area contributed by atoms with Gasteiger partial charge in [0.25, 0.3) is 0 Å². The molecular weight excluding hydrogens is 220 g/mol. The molecule has 0 fully saturated rings. The number of pyridine rings is 1. The highest BCUT2D eigenvalue weighted by Crippen LogP contribution is 2.12. The van der Waals surface area contributed by atoms with Crippen molar-refractivity contribution in [2.24, 2.45) is 5.92 Å². The van der Waals surface area contributed by atoms with Gasteiger partial charge in [-0.15, -0.1) is 0 Å². The van der Waals surface area contributed by atoms with Crippen molar-refractivity contribution in [2.75, 3.05) is 0 Å². The van der Waals surface area contributed by atoms with Crippen molar-refractivity contribution in [1.82, 2.24) is 10.3 Å². The van der Waals surface area contributed by atoms with E-state index in [-0.39, 0.29) is 0 Å². The van der Waals surface area contributed by atoms with E-state index in [4.69, 9.17) is 11.6 Å². The fourth-order valence-electron chi connectivity index (χ4n) is 1.52. The first-order valence-electron chi connectivity index (χ1n) is 5.92. The minimum Gasteiger partial charge on any atom is -0.310 e. The SMILES string of the molecule is CC(C)CCC(C)NCc1cccnc1Cl. The van der Waals surface area contributed by atoms with Gasteiger partial charge in [0.2, 0.25) is 0 Å². The zero-order valence-electron chi connectivity index (χ0n) is 10.3. The van der Waals surface area contributed by atoms with E-state index in [2.05, 4.69) is 31.1 Å². The Morgan fingerprint density at radius 1 is 1.31 bits per heavy atom. The lowest BCUT2D eigenvalue weighted by Crippen LogP contribution is -2.26. The van der Waals surface area contributed by atoms with Gasteiger partial charge < -0.3 is 5.32 Å². The van der Waals surface area contributed by atoms with Crippen LogP contribution in [0.1, 0.15) is 39.2 Å². The maximum atomic E-state index is 5.98. The second-order valence-electron chi connectivity index (χ2n) is 4.71. The van der Waals surface area contributed by atoms with E-state index in [0.717, 1.165) is 18.0 Å². The molecule has 0 aliphatic rings. The fourth-order valence-corrected chi connectivity index (χ4v) is 1.71. The highest BCUT2D eigenvalue weighted by Gasteiger charge is 2.05. The minimum atomic E-state index is 0.527. The standard InChI is InChI=1S/C13H21ClN2/c1-10(2)6-7-11(3)16-9-12-5-4-8-15-13(12)14/h4-5,8,10-11,16H,6-7,9H2,1-3H3. The first-order chi connectivity index (χ1) is 7.59. The number of nitrogens with one attached hydrogen (secondary N) is 1. The predicted molar refractivity (Wildman–Crippen MR) is 69.6 cm³/mol. The fraction of sp³-hybridized carbons (Fsp3) is 0.615. The molecule has 2 nitrogen and oxygen atoms in total. The van der Waals surface area contributed by atoms with E-state index in [1.807, 2.05) is 12.1 Å². The molecule has 0 aliphatic heterocycles. The molecule has 1 N–H and O–H groups in total. The van der Waals surface area contributed by atoms with Crippen LogP contribution in [0.4, 0.5) is 0 Å². The third-order valence-corrected chi connectivity index (χ3v) is 2.99. The van der Waals surface area contributed by atoms with E-state index < -0.39 is 0 Å². The quantitative estimate of drug-likeness (QED) is 0.768. The first-order valence-corrected chi connectivity index (χ1v) is 6.30. The summed E-state index contributed by atoms with van der Waals surface area (Å²) < 4.78 is 0. The van der Waals surface area contributed by atoms with Crippen molar-refractivity contribution in [2.45, 2.75) is 46.2 Å². The van der Waals surface area contributed by atoms with Crippen LogP contribution in [0.15, 0.2) is 18.3 Å². The molecule has 16 heavy (non-hydrogen) atoms. The maximum Gasteiger partial charge on any atom is 0.133 e. The summed E-state index contributed by atoms with van der Waals surface area (Å²) in [6, 6.07) is 4.46. The smallest absolute Gasteiger partial charge is 0.133 e. The molecule has 1 atom stereocenters. The number of nitrogens with zero attached hydrogens (tertiary/aromatic N) is 1. The number of rotatable bonds is 6. The molecule has 90 valence electrons. The monoisotopic (exact) mass is 240 g/mol. The van der Waals surface area contributed by atoms with Gasteiger partial charge in [-0.25, -0.2) is 4.98 Å². The van der Waals surface area contributed by atoms with Crippen molar-refractivity contribution in [3.63, 3.8) is 0 Å². The molecule has 3 heteroatoms. The predicted octanol–water partition coefficient (Wildman–Crippen LogP) is 3.65. The molecule has 0 spiro atoms. The average Bonchev–Trinajstić information content (AvgIpc) is 2.25. The van der Waals surface area contributed by atoms with Crippen LogP contribution in [0.5, 0.6) is 0 Å². The van der Waals surface area contributed by atoms with Gasteiger partial charge in [-0.3, -0.25) is 0 Å². The van der Waals surface area contributed by atoms with Gasteiger partial charge in [-0.05, 0) is 31.7 Å². The third kappa shape index (κ3) is 4.95. The Labute approximate surface area is 103 Å². The zero-order chi connectivity index (χ0) is 12.0. The molecule has 1 heterocycles. The van der Waals surface area contributed by atoms with E-state index in [1.165, 1.54) is 12.8 Å². The summed E-state index contributed by atoms with van der Waals surface area (Å²) in [5, 5.41) is 4.07. The van der Waals surface area contributed by atoms with Crippen LogP contribution in [-0.2, 0) is 6.54 Å². The van der Waals surface area contributed by atoms with Gasteiger partial charge in [-0.1, -0.05) is 31.5 Å². The summed E-state index contributed by atoms with van der Waals surface area (Å²) in [7, 11) is 0. The number of hydrogen-bond donors (Lipinski definition) is 1. The van der Waals surface area contributed by atoms with Gasteiger partial charge in [0.1, 0.15) is 5.15 Å². The summed E-state index contributed by atoms with van der Waals surface area (Å²) in [4.78, 5) is 4.06. The molecule has 1 unspecified atom stereocenters. The lowest BCUT2D eigenvalue weighted by atomic mass is 10.0. The van der Waals surface area contributed by atoms with E-state index >= 15 is 0 Å². The lowest BCUT2D eigenvalue weighted by molar-refractivity contribution is 0.450. The normalized spacial score (nSPS) is 13.1. The Morgan fingerprint density at radius 3 is 2.69 bits per heavy atom. The molecule has 0 radical (unpaired) electrons. The van der Waals surface area contributed by atoms with Crippen LogP contribution in [0.3, 0.4) is 0 Å². The molecular formula is C13H21ClN2. The van der Waals surface area contributed by atoms with E-state index in [0.29, 0.717) is 11.2 Å². The van der Waals surface area contributed by atoms with Crippen LogP contribution in [0, 0.1) is 5.92 Å². The van der Waals surface area contributed by atoms with E-state index in [1.54, 1.807) is 6.20 Å². The molecule has 0 aliphatic carbocycles. The Morgan fingerprint density at radius 2 is 2.06 bits per heavy atom. The lowest BCUT2D eigenvalue weighted by Gasteiger charge is -2.15. The summed E-state index contributed by atoms with van der Waals surface area (Å²) in [6.07, 6.45) is 4.18. The molecule has 1 rings (SSSR count). The summed E-state index contributed by atoms with van der Waals surface area (Å²) in [5.41, 5.74) is 1.07.